The minimum absolute atomic E-state index is 0.00376. The maximum atomic E-state index is 12.9. The van der Waals surface area contributed by atoms with Gasteiger partial charge in [-0.2, -0.15) is 0 Å². The second-order valence-electron chi connectivity index (χ2n) is 7.84. The van der Waals surface area contributed by atoms with Crippen LogP contribution in [0, 0.1) is 0 Å². The first-order valence-electron chi connectivity index (χ1n) is 10.7. The second kappa shape index (κ2) is 10.6. The Morgan fingerprint density at radius 1 is 1.15 bits per heavy atom. The van der Waals surface area contributed by atoms with E-state index in [2.05, 4.69) is 5.32 Å². The third-order valence-corrected chi connectivity index (χ3v) is 7.59. The van der Waals surface area contributed by atoms with Crippen molar-refractivity contribution < 1.29 is 19.5 Å². The van der Waals surface area contributed by atoms with Crippen LogP contribution < -0.4 is 11.1 Å². The number of phenols is 1. The van der Waals surface area contributed by atoms with Crippen LogP contribution in [0.3, 0.4) is 0 Å². The number of rotatable bonds is 8. The molecule has 1 aromatic heterocycles. The maximum absolute atomic E-state index is 12.9. The number of fused-ring (bicyclic) bond motifs is 1. The molecular formula is C24H25Cl2N3O4S. The van der Waals surface area contributed by atoms with Crippen LogP contribution in [0.25, 0.3) is 10.1 Å². The van der Waals surface area contributed by atoms with Gasteiger partial charge in [0.05, 0.1) is 15.3 Å². The van der Waals surface area contributed by atoms with Crippen LogP contribution in [0.1, 0.15) is 59.9 Å². The van der Waals surface area contributed by atoms with Crippen molar-refractivity contribution in [3.63, 3.8) is 0 Å². The van der Waals surface area contributed by atoms with Gasteiger partial charge in [-0.25, -0.2) is 0 Å². The number of benzene rings is 2. The molecule has 0 saturated heterocycles. The number of aromatic hydroxyl groups is 1. The van der Waals surface area contributed by atoms with Crippen molar-refractivity contribution in [3.8, 4) is 5.75 Å². The van der Waals surface area contributed by atoms with Gasteiger partial charge in [-0.05, 0) is 36.6 Å². The van der Waals surface area contributed by atoms with Crippen molar-refractivity contribution in [1.82, 2.24) is 4.90 Å². The van der Waals surface area contributed by atoms with Gasteiger partial charge in [-0.1, -0.05) is 49.2 Å². The van der Waals surface area contributed by atoms with Gasteiger partial charge in [0.25, 0.3) is 11.8 Å². The summed E-state index contributed by atoms with van der Waals surface area (Å²) < 4.78 is 0.383. The van der Waals surface area contributed by atoms with Crippen molar-refractivity contribution in [3.05, 3.63) is 57.1 Å². The molecule has 7 nitrogen and oxygen atoms in total. The Labute approximate surface area is 211 Å². The summed E-state index contributed by atoms with van der Waals surface area (Å²) in [5.74, 6) is -1.52. The van der Waals surface area contributed by atoms with Crippen LogP contribution >= 0.6 is 34.5 Å². The predicted octanol–water partition coefficient (Wildman–Crippen LogP) is 5.80. The molecule has 3 rings (SSSR count). The van der Waals surface area contributed by atoms with E-state index in [1.165, 1.54) is 6.07 Å². The van der Waals surface area contributed by atoms with Crippen molar-refractivity contribution >= 4 is 67.3 Å². The summed E-state index contributed by atoms with van der Waals surface area (Å²) in [5, 5.41) is 13.2. The Balaban J connectivity index is 1.86. The SMILES string of the molecule is CCC(CC)N(Cc1ccc(C(=O)Nc2sc3c(Cl)c(O)c(Cl)cc3c2C(N)=O)cc1)C(C)=O. The molecule has 2 aromatic carbocycles. The monoisotopic (exact) mass is 521 g/mol. The van der Waals surface area contributed by atoms with Crippen LogP contribution in [0.5, 0.6) is 5.75 Å². The third kappa shape index (κ3) is 5.14. The predicted molar refractivity (Wildman–Crippen MR) is 137 cm³/mol. The molecule has 0 aliphatic heterocycles. The molecule has 10 heteroatoms. The Bertz CT molecular complexity index is 1250. The second-order valence-corrected chi connectivity index (χ2v) is 9.64. The van der Waals surface area contributed by atoms with Gasteiger partial charge >= 0.3 is 0 Å². The standard InChI is InChI=1S/C24H25Cl2N3O4S/c1-4-15(5-2)29(12(3)30)11-13-6-8-14(9-7-13)23(33)28-24-18(22(27)32)16-10-17(25)20(31)19(26)21(16)34-24/h6-10,15,31H,4-5,11H2,1-3H3,(H2,27,32)(H,28,33). The molecular weight excluding hydrogens is 497 g/mol. The van der Waals surface area contributed by atoms with E-state index in [0.717, 1.165) is 29.7 Å². The molecule has 3 amide bonds. The first-order valence-corrected chi connectivity index (χ1v) is 12.3. The number of nitrogens with one attached hydrogen (secondary N) is 1. The van der Waals surface area contributed by atoms with Crippen molar-refractivity contribution in [1.29, 1.82) is 0 Å². The molecule has 0 spiro atoms. The van der Waals surface area contributed by atoms with Gasteiger partial charge in [0.2, 0.25) is 5.91 Å². The first kappa shape index (κ1) is 25.8. The molecule has 180 valence electrons. The summed E-state index contributed by atoms with van der Waals surface area (Å²) >= 11 is 13.2. The number of phenolic OH excluding ortho intramolecular Hbond substituents is 1. The van der Waals surface area contributed by atoms with E-state index < -0.39 is 11.8 Å². The van der Waals surface area contributed by atoms with Crippen LogP contribution in [-0.2, 0) is 11.3 Å². The summed E-state index contributed by atoms with van der Waals surface area (Å²) in [6, 6.07) is 8.44. The lowest BCUT2D eigenvalue weighted by molar-refractivity contribution is -0.132. The molecule has 0 radical (unpaired) electrons. The average molecular weight is 522 g/mol. The Hall–Kier alpha value is -2.81. The number of nitrogens with two attached hydrogens (primary N) is 1. The molecule has 0 atom stereocenters. The van der Waals surface area contributed by atoms with E-state index in [-0.39, 0.29) is 38.3 Å². The lowest BCUT2D eigenvalue weighted by atomic mass is 10.1. The van der Waals surface area contributed by atoms with E-state index in [4.69, 9.17) is 28.9 Å². The van der Waals surface area contributed by atoms with Gasteiger partial charge < -0.3 is 21.1 Å². The molecule has 0 fully saturated rings. The normalized spacial score (nSPS) is 11.1. The Kier molecular flexibility index (Phi) is 8.07. The molecule has 3 aromatic rings. The number of halogens is 2. The number of anilines is 1. The molecule has 0 saturated carbocycles. The highest BCUT2D eigenvalue weighted by Gasteiger charge is 2.24. The molecule has 0 bridgehead atoms. The van der Waals surface area contributed by atoms with Crippen molar-refractivity contribution in [2.24, 2.45) is 5.73 Å². The molecule has 0 aliphatic rings. The number of carbonyl (C=O) groups excluding carboxylic acids is 3. The fourth-order valence-corrected chi connectivity index (χ4v) is 5.53. The molecule has 34 heavy (non-hydrogen) atoms. The minimum atomic E-state index is -0.763. The van der Waals surface area contributed by atoms with Gasteiger partial charge in [0, 0.05) is 30.5 Å². The third-order valence-electron chi connectivity index (χ3n) is 5.68. The van der Waals surface area contributed by atoms with Gasteiger partial charge in [0.1, 0.15) is 10.0 Å². The zero-order chi connectivity index (χ0) is 25.2. The first-order chi connectivity index (χ1) is 16.1. The van der Waals surface area contributed by atoms with Crippen molar-refractivity contribution in [2.45, 2.75) is 46.2 Å². The molecule has 0 unspecified atom stereocenters. The minimum Gasteiger partial charge on any atom is -0.505 e. The van der Waals surface area contributed by atoms with Gasteiger partial charge in [0.15, 0.2) is 5.75 Å². The smallest absolute Gasteiger partial charge is 0.256 e. The van der Waals surface area contributed by atoms with E-state index in [9.17, 15) is 19.5 Å². The van der Waals surface area contributed by atoms with Gasteiger partial charge in [-0.3, -0.25) is 14.4 Å². The van der Waals surface area contributed by atoms with Gasteiger partial charge in [-0.15, -0.1) is 11.3 Å². The zero-order valence-corrected chi connectivity index (χ0v) is 21.3. The number of primary amides is 1. The Morgan fingerprint density at radius 2 is 1.76 bits per heavy atom. The average Bonchev–Trinajstić information content (AvgIpc) is 3.15. The van der Waals surface area contributed by atoms with E-state index in [0.29, 0.717) is 22.2 Å². The summed E-state index contributed by atoms with van der Waals surface area (Å²) in [7, 11) is 0. The van der Waals surface area contributed by atoms with E-state index in [1.807, 2.05) is 18.7 Å². The number of hydrogen-bond acceptors (Lipinski definition) is 5. The number of amides is 3. The molecule has 4 N–H and O–H groups in total. The van der Waals surface area contributed by atoms with E-state index in [1.54, 1.807) is 31.2 Å². The topological polar surface area (TPSA) is 113 Å². The Morgan fingerprint density at radius 3 is 2.29 bits per heavy atom. The largest absolute Gasteiger partial charge is 0.505 e. The summed E-state index contributed by atoms with van der Waals surface area (Å²) in [4.78, 5) is 39.0. The van der Waals surface area contributed by atoms with Crippen molar-refractivity contribution in [2.75, 3.05) is 5.32 Å². The summed E-state index contributed by atoms with van der Waals surface area (Å²) in [6.45, 7) is 6.11. The fraction of sp³-hybridized carbons (Fsp3) is 0.292. The quantitative estimate of drug-likeness (QED) is 0.347. The highest BCUT2D eigenvalue weighted by Crippen LogP contribution is 2.46. The summed E-state index contributed by atoms with van der Waals surface area (Å²) in [6.07, 6.45) is 1.72. The molecule has 1 heterocycles. The fourth-order valence-electron chi connectivity index (χ4n) is 3.85. The lowest BCUT2D eigenvalue weighted by Crippen LogP contribution is -2.37. The lowest BCUT2D eigenvalue weighted by Gasteiger charge is -2.29. The number of carbonyl (C=O) groups is 3. The summed E-state index contributed by atoms with van der Waals surface area (Å²) in [5.41, 5.74) is 6.88. The number of hydrogen-bond donors (Lipinski definition) is 3. The zero-order valence-electron chi connectivity index (χ0n) is 18.9. The van der Waals surface area contributed by atoms with E-state index >= 15 is 0 Å². The molecule has 0 aliphatic carbocycles. The maximum Gasteiger partial charge on any atom is 0.256 e. The highest BCUT2D eigenvalue weighted by molar-refractivity contribution is 7.24. The van der Waals surface area contributed by atoms with Crippen LogP contribution in [-0.4, -0.2) is 33.8 Å². The number of thiophene rings is 1. The number of nitrogens with zero attached hydrogens (tertiary/aromatic N) is 1. The van der Waals surface area contributed by atoms with Crippen LogP contribution in [0.4, 0.5) is 5.00 Å². The van der Waals surface area contributed by atoms with Crippen LogP contribution in [0.15, 0.2) is 30.3 Å². The van der Waals surface area contributed by atoms with Crippen LogP contribution in [0.2, 0.25) is 10.0 Å². The highest BCUT2D eigenvalue weighted by atomic mass is 35.5.